The Hall–Kier alpha value is -0.260. The quantitative estimate of drug-likeness (QED) is 0.513. The Kier molecular flexibility index (Phi) is 1.92. The van der Waals surface area contributed by atoms with Crippen molar-refractivity contribution in [2.24, 2.45) is 29.1 Å². The van der Waals surface area contributed by atoms with Gasteiger partial charge in [0.2, 0.25) is 0 Å². The summed E-state index contributed by atoms with van der Waals surface area (Å²) >= 11 is 0. The van der Waals surface area contributed by atoms with Crippen molar-refractivity contribution in [2.45, 2.75) is 53.4 Å². The summed E-state index contributed by atoms with van der Waals surface area (Å²) in [5.74, 6) is 3.78. The lowest BCUT2D eigenvalue weighted by molar-refractivity contribution is 0.471. The van der Waals surface area contributed by atoms with E-state index in [0.29, 0.717) is 5.41 Å². The number of fused-ring (bicyclic) bond motifs is 2. The van der Waals surface area contributed by atoms with E-state index in [1.165, 1.54) is 25.7 Å². The molecule has 3 rings (SSSR count). The number of rotatable bonds is 0. The van der Waals surface area contributed by atoms with Crippen molar-refractivity contribution in [3.05, 3.63) is 11.1 Å². The van der Waals surface area contributed by atoms with E-state index in [-0.39, 0.29) is 0 Å². The number of hydrogen-bond donors (Lipinski definition) is 0. The largest absolute Gasteiger partial charge is 0.0676 e. The first kappa shape index (κ1) is 9.93. The lowest BCUT2D eigenvalue weighted by atomic mass is 9.88. The average Bonchev–Trinajstić information content (AvgIpc) is 2.55. The minimum absolute atomic E-state index is 0.638. The first-order valence-corrected chi connectivity index (χ1v) is 6.76. The van der Waals surface area contributed by atoms with Crippen LogP contribution in [0.25, 0.3) is 0 Å². The predicted molar refractivity (Wildman–Crippen MR) is 64.6 cm³/mol. The van der Waals surface area contributed by atoms with Gasteiger partial charge in [-0.05, 0) is 54.8 Å². The molecule has 1 saturated carbocycles. The molecule has 0 heterocycles. The normalized spacial score (nSPS) is 47.2. The van der Waals surface area contributed by atoms with Crippen LogP contribution in [0, 0.1) is 29.1 Å². The van der Waals surface area contributed by atoms with Gasteiger partial charge in [-0.1, -0.05) is 38.8 Å². The van der Waals surface area contributed by atoms with E-state index in [4.69, 9.17) is 0 Å². The predicted octanol–water partition coefficient (Wildman–Crippen LogP) is 4.42. The Labute approximate surface area is 94.1 Å². The third kappa shape index (κ3) is 1.20. The van der Waals surface area contributed by atoms with Crippen molar-refractivity contribution >= 4 is 0 Å². The molecule has 84 valence electrons. The summed E-state index contributed by atoms with van der Waals surface area (Å²) in [6, 6.07) is 0. The minimum atomic E-state index is 0.638. The zero-order chi connectivity index (χ0) is 10.8. The van der Waals surface area contributed by atoms with Crippen LogP contribution in [0.5, 0.6) is 0 Å². The van der Waals surface area contributed by atoms with Crippen LogP contribution >= 0.6 is 0 Å². The maximum absolute atomic E-state index is 2.49. The van der Waals surface area contributed by atoms with Gasteiger partial charge in [0.1, 0.15) is 0 Å². The molecule has 0 unspecified atom stereocenters. The summed E-state index contributed by atoms with van der Waals surface area (Å²) in [6.07, 6.45) is 5.79. The smallest absolute Gasteiger partial charge is 0.0110 e. The zero-order valence-corrected chi connectivity index (χ0v) is 10.6. The molecule has 0 N–H and O–H groups in total. The molecule has 0 bridgehead atoms. The first-order chi connectivity index (χ1) is 7.03. The molecule has 0 heteroatoms. The maximum Gasteiger partial charge on any atom is -0.0110 e. The second-order valence-electron chi connectivity index (χ2n) is 6.80. The van der Waals surface area contributed by atoms with Gasteiger partial charge in [-0.15, -0.1) is 0 Å². The summed E-state index contributed by atoms with van der Waals surface area (Å²) < 4.78 is 0. The lowest BCUT2D eigenvalue weighted by Gasteiger charge is -2.17. The molecule has 0 spiro atoms. The Balaban J connectivity index is 2.02. The molecule has 3 aliphatic rings. The van der Waals surface area contributed by atoms with E-state index in [9.17, 15) is 0 Å². The lowest BCUT2D eigenvalue weighted by Crippen LogP contribution is -2.05. The van der Waals surface area contributed by atoms with Crippen molar-refractivity contribution in [3.8, 4) is 0 Å². The maximum atomic E-state index is 2.49. The molecule has 1 fully saturated rings. The molecule has 0 radical (unpaired) electrons. The molecule has 15 heavy (non-hydrogen) atoms. The summed E-state index contributed by atoms with van der Waals surface area (Å²) in [5, 5.41) is 0. The van der Waals surface area contributed by atoms with E-state index in [1.54, 1.807) is 0 Å². The second-order valence-corrected chi connectivity index (χ2v) is 6.80. The molecule has 0 aliphatic heterocycles. The van der Waals surface area contributed by atoms with E-state index in [1.807, 2.05) is 11.1 Å². The van der Waals surface area contributed by atoms with Gasteiger partial charge in [0.15, 0.2) is 0 Å². The van der Waals surface area contributed by atoms with Crippen LogP contribution in [0.15, 0.2) is 11.1 Å². The van der Waals surface area contributed by atoms with Crippen LogP contribution in [0.4, 0.5) is 0 Å². The molecule has 0 nitrogen and oxygen atoms in total. The molecule has 0 saturated heterocycles. The van der Waals surface area contributed by atoms with Crippen molar-refractivity contribution in [2.75, 3.05) is 0 Å². The highest BCUT2D eigenvalue weighted by molar-refractivity contribution is 5.36. The fourth-order valence-corrected chi connectivity index (χ4v) is 4.53. The Morgan fingerprint density at radius 2 is 1.73 bits per heavy atom. The SMILES string of the molecule is C[C@@H]1CC[C@@H]2[C@H](C3=C1CC[C@@H]3C)C2(C)C. The van der Waals surface area contributed by atoms with E-state index >= 15 is 0 Å². The van der Waals surface area contributed by atoms with Crippen LogP contribution in [-0.2, 0) is 0 Å². The van der Waals surface area contributed by atoms with Gasteiger partial charge in [0, 0.05) is 0 Å². The first-order valence-electron chi connectivity index (χ1n) is 6.76. The summed E-state index contributed by atoms with van der Waals surface area (Å²) in [6.45, 7) is 9.92. The molecule has 4 atom stereocenters. The standard InChI is InChI=1S/C15H24/c1-9-6-8-12-14(15(12,3)4)13-10(2)5-7-11(9)13/h9-10,12,14H,5-8H2,1-4H3/t9-,10+,12-,14-/m1/s1. The van der Waals surface area contributed by atoms with Gasteiger partial charge in [-0.2, -0.15) is 0 Å². The van der Waals surface area contributed by atoms with E-state index in [0.717, 1.165) is 23.7 Å². The summed E-state index contributed by atoms with van der Waals surface area (Å²) in [5.41, 5.74) is 4.43. The Morgan fingerprint density at radius 1 is 1.00 bits per heavy atom. The van der Waals surface area contributed by atoms with Crippen LogP contribution in [0.1, 0.15) is 53.4 Å². The monoisotopic (exact) mass is 204 g/mol. The summed E-state index contributed by atoms with van der Waals surface area (Å²) in [4.78, 5) is 0. The molecular weight excluding hydrogens is 180 g/mol. The van der Waals surface area contributed by atoms with Crippen molar-refractivity contribution in [1.29, 1.82) is 0 Å². The van der Waals surface area contributed by atoms with E-state index < -0.39 is 0 Å². The zero-order valence-electron chi connectivity index (χ0n) is 10.6. The van der Waals surface area contributed by atoms with Crippen LogP contribution in [-0.4, -0.2) is 0 Å². The van der Waals surface area contributed by atoms with Gasteiger partial charge in [-0.3, -0.25) is 0 Å². The highest BCUT2D eigenvalue weighted by atomic mass is 14.6. The fraction of sp³-hybridized carbons (Fsp3) is 0.867. The van der Waals surface area contributed by atoms with Crippen LogP contribution < -0.4 is 0 Å². The molecular formula is C15H24. The summed E-state index contributed by atoms with van der Waals surface area (Å²) in [7, 11) is 0. The Morgan fingerprint density at radius 3 is 2.47 bits per heavy atom. The van der Waals surface area contributed by atoms with Gasteiger partial charge < -0.3 is 0 Å². The minimum Gasteiger partial charge on any atom is -0.0676 e. The van der Waals surface area contributed by atoms with Crippen molar-refractivity contribution in [3.63, 3.8) is 0 Å². The van der Waals surface area contributed by atoms with Gasteiger partial charge >= 0.3 is 0 Å². The third-order valence-electron chi connectivity index (χ3n) is 5.64. The van der Waals surface area contributed by atoms with Crippen molar-refractivity contribution < 1.29 is 0 Å². The molecule has 0 aromatic heterocycles. The van der Waals surface area contributed by atoms with Gasteiger partial charge in [0.25, 0.3) is 0 Å². The topological polar surface area (TPSA) is 0 Å². The number of hydrogen-bond acceptors (Lipinski definition) is 0. The highest BCUT2D eigenvalue weighted by Crippen LogP contribution is 2.68. The van der Waals surface area contributed by atoms with Gasteiger partial charge in [0.05, 0.1) is 0 Å². The Bertz CT molecular complexity index is 321. The highest BCUT2D eigenvalue weighted by Gasteiger charge is 2.61. The fourth-order valence-electron chi connectivity index (χ4n) is 4.53. The van der Waals surface area contributed by atoms with Crippen LogP contribution in [0.2, 0.25) is 0 Å². The molecule has 3 aliphatic carbocycles. The second kappa shape index (κ2) is 2.90. The van der Waals surface area contributed by atoms with E-state index in [2.05, 4.69) is 27.7 Å². The average molecular weight is 204 g/mol. The van der Waals surface area contributed by atoms with Crippen molar-refractivity contribution in [1.82, 2.24) is 0 Å². The molecule has 0 amide bonds. The van der Waals surface area contributed by atoms with Gasteiger partial charge in [-0.25, -0.2) is 0 Å². The number of allylic oxidation sites excluding steroid dienone is 2. The molecule has 0 aromatic carbocycles. The van der Waals surface area contributed by atoms with Crippen LogP contribution in [0.3, 0.4) is 0 Å². The third-order valence-corrected chi connectivity index (χ3v) is 5.64. The molecule has 0 aromatic rings.